The fourth-order valence-electron chi connectivity index (χ4n) is 4.30. The van der Waals surface area contributed by atoms with Gasteiger partial charge in [0.25, 0.3) is 0 Å². The van der Waals surface area contributed by atoms with Crippen molar-refractivity contribution in [3.8, 4) is 22.9 Å². The Labute approximate surface area is 177 Å². The van der Waals surface area contributed by atoms with Crippen molar-refractivity contribution >= 4 is 16.9 Å². The largest absolute Gasteiger partial charge is 0.493 e. The molecule has 1 aliphatic heterocycles. The number of para-hydroxylation sites is 2. The molecule has 0 N–H and O–H groups in total. The van der Waals surface area contributed by atoms with Crippen LogP contribution in [-0.4, -0.2) is 47.7 Å². The van der Waals surface area contributed by atoms with Crippen molar-refractivity contribution in [3.63, 3.8) is 0 Å². The molecule has 0 spiro atoms. The summed E-state index contributed by atoms with van der Waals surface area (Å²) < 4.78 is 13.3. The van der Waals surface area contributed by atoms with Crippen LogP contribution >= 0.6 is 0 Å². The molecule has 0 unspecified atom stereocenters. The predicted octanol–water partition coefficient (Wildman–Crippen LogP) is 4.54. The van der Waals surface area contributed by atoms with Gasteiger partial charge in [0, 0.05) is 30.6 Å². The Morgan fingerprint density at radius 2 is 1.73 bits per heavy atom. The Morgan fingerprint density at radius 1 is 1.03 bits per heavy atom. The highest BCUT2D eigenvalue weighted by Crippen LogP contribution is 2.37. The summed E-state index contributed by atoms with van der Waals surface area (Å²) in [5, 5.41) is 0. The molecule has 30 heavy (non-hydrogen) atoms. The van der Waals surface area contributed by atoms with Gasteiger partial charge in [0.15, 0.2) is 11.5 Å². The zero-order chi connectivity index (χ0) is 21.3. The van der Waals surface area contributed by atoms with E-state index in [2.05, 4.69) is 16.7 Å². The standard InChI is InChI=1S/C24H29N3O3/c1-16(2)24(28)26-13-11-18(12-14-26)27-20-8-6-5-7-19(20)25-23(27)17-9-10-21(29-3)22(15-17)30-4/h5-10,15-16,18H,11-14H2,1-4H3. The zero-order valence-corrected chi connectivity index (χ0v) is 18.1. The predicted molar refractivity (Wildman–Crippen MR) is 118 cm³/mol. The minimum absolute atomic E-state index is 0.0398. The van der Waals surface area contributed by atoms with Crippen molar-refractivity contribution in [1.29, 1.82) is 0 Å². The van der Waals surface area contributed by atoms with Gasteiger partial charge in [-0.15, -0.1) is 0 Å². The van der Waals surface area contributed by atoms with E-state index in [4.69, 9.17) is 14.5 Å². The van der Waals surface area contributed by atoms with Gasteiger partial charge in [0.1, 0.15) is 5.82 Å². The lowest BCUT2D eigenvalue weighted by Crippen LogP contribution is -2.41. The van der Waals surface area contributed by atoms with E-state index in [1.54, 1.807) is 14.2 Å². The Kier molecular flexibility index (Phi) is 5.66. The molecule has 6 heteroatoms. The molecular formula is C24H29N3O3. The molecule has 0 bridgehead atoms. The van der Waals surface area contributed by atoms with E-state index in [0.29, 0.717) is 11.5 Å². The number of carbonyl (C=O) groups excluding carboxylic acids is 1. The first-order valence-electron chi connectivity index (χ1n) is 10.5. The average molecular weight is 408 g/mol. The van der Waals surface area contributed by atoms with Crippen molar-refractivity contribution in [1.82, 2.24) is 14.5 Å². The highest BCUT2D eigenvalue weighted by atomic mass is 16.5. The molecule has 1 fully saturated rings. The van der Waals surface area contributed by atoms with Gasteiger partial charge < -0.3 is 18.9 Å². The molecule has 0 atom stereocenters. The summed E-state index contributed by atoms with van der Waals surface area (Å²) in [6, 6.07) is 14.5. The highest BCUT2D eigenvalue weighted by Gasteiger charge is 2.28. The summed E-state index contributed by atoms with van der Waals surface area (Å²) in [6.07, 6.45) is 1.83. The van der Waals surface area contributed by atoms with E-state index in [9.17, 15) is 4.79 Å². The van der Waals surface area contributed by atoms with E-state index in [1.807, 2.05) is 49.1 Å². The van der Waals surface area contributed by atoms with E-state index >= 15 is 0 Å². The van der Waals surface area contributed by atoms with Crippen LogP contribution in [-0.2, 0) is 4.79 Å². The van der Waals surface area contributed by atoms with Crippen LogP contribution in [0.5, 0.6) is 11.5 Å². The molecule has 2 heterocycles. The number of aromatic nitrogens is 2. The summed E-state index contributed by atoms with van der Waals surface area (Å²) in [7, 11) is 3.28. The van der Waals surface area contributed by atoms with Crippen LogP contribution in [0.1, 0.15) is 32.7 Å². The van der Waals surface area contributed by atoms with Gasteiger partial charge in [-0.3, -0.25) is 4.79 Å². The van der Waals surface area contributed by atoms with Gasteiger partial charge in [-0.25, -0.2) is 4.98 Å². The maximum Gasteiger partial charge on any atom is 0.225 e. The van der Waals surface area contributed by atoms with Crippen molar-refractivity contribution in [2.45, 2.75) is 32.7 Å². The number of methoxy groups -OCH3 is 2. The van der Waals surface area contributed by atoms with Crippen LogP contribution in [0, 0.1) is 5.92 Å². The van der Waals surface area contributed by atoms with Gasteiger partial charge in [0.05, 0.1) is 25.3 Å². The third-order valence-electron chi connectivity index (χ3n) is 5.87. The Hall–Kier alpha value is -3.02. The lowest BCUT2D eigenvalue weighted by atomic mass is 10.0. The van der Waals surface area contributed by atoms with Crippen molar-refractivity contribution in [2.24, 2.45) is 5.92 Å². The number of imidazole rings is 1. The minimum Gasteiger partial charge on any atom is -0.493 e. The molecule has 3 aromatic rings. The number of piperidine rings is 1. The molecule has 1 amide bonds. The van der Waals surface area contributed by atoms with E-state index in [-0.39, 0.29) is 17.9 Å². The number of benzene rings is 2. The second-order valence-corrected chi connectivity index (χ2v) is 8.08. The smallest absolute Gasteiger partial charge is 0.225 e. The first kappa shape index (κ1) is 20.3. The fraction of sp³-hybridized carbons (Fsp3) is 0.417. The quantitative estimate of drug-likeness (QED) is 0.623. The molecule has 2 aromatic carbocycles. The van der Waals surface area contributed by atoms with Crippen LogP contribution in [0.2, 0.25) is 0 Å². The Balaban J connectivity index is 1.73. The van der Waals surface area contributed by atoms with Crippen LogP contribution in [0.4, 0.5) is 0 Å². The monoisotopic (exact) mass is 407 g/mol. The molecule has 1 saturated heterocycles. The number of rotatable bonds is 5. The third kappa shape index (κ3) is 3.62. The second kappa shape index (κ2) is 8.38. The van der Waals surface area contributed by atoms with E-state index < -0.39 is 0 Å². The number of amides is 1. The summed E-state index contributed by atoms with van der Waals surface area (Å²) in [6.45, 7) is 5.49. The number of carbonyl (C=O) groups is 1. The Bertz CT molecular complexity index is 1050. The molecule has 4 rings (SSSR count). The molecule has 0 saturated carbocycles. The van der Waals surface area contributed by atoms with Gasteiger partial charge in [0.2, 0.25) is 5.91 Å². The lowest BCUT2D eigenvalue weighted by Gasteiger charge is -2.34. The summed E-state index contributed by atoms with van der Waals surface area (Å²) in [5.41, 5.74) is 3.09. The minimum atomic E-state index is 0.0398. The fourth-order valence-corrected chi connectivity index (χ4v) is 4.30. The van der Waals surface area contributed by atoms with Crippen LogP contribution in [0.3, 0.4) is 0 Å². The number of hydrogen-bond acceptors (Lipinski definition) is 4. The number of nitrogens with zero attached hydrogens (tertiary/aromatic N) is 3. The number of hydrogen-bond donors (Lipinski definition) is 0. The number of fused-ring (bicyclic) bond motifs is 1. The van der Waals surface area contributed by atoms with Gasteiger partial charge >= 0.3 is 0 Å². The number of likely N-dealkylation sites (tertiary alicyclic amines) is 1. The second-order valence-electron chi connectivity index (χ2n) is 8.08. The third-order valence-corrected chi connectivity index (χ3v) is 5.87. The molecule has 0 aliphatic carbocycles. The molecule has 1 aliphatic rings. The van der Waals surface area contributed by atoms with Gasteiger partial charge in [-0.05, 0) is 43.2 Å². The molecule has 1 aromatic heterocycles. The van der Waals surface area contributed by atoms with Gasteiger partial charge in [-0.2, -0.15) is 0 Å². The lowest BCUT2D eigenvalue weighted by molar-refractivity contribution is -0.135. The summed E-state index contributed by atoms with van der Waals surface area (Å²) in [4.78, 5) is 19.4. The van der Waals surface area contributed by atoms with Crippen molar-refractivity contribution in [3.05, 3.63) is 42.5 Å². The number of ether oxygens (including phenoxy) is 2. The molecule has 0 radical (unpaired) electrons. The maximum absolute atomic E-state index is 12.4. The maximum atomic E-state index is 12.4. The Morgan fingerprint density at radius 3 is 2.40 bits per heavy atom. The first-order chi connectivity index (χ1) is 14.5. The van der Waals surface area contributed by atoms with E-state index in [0.717, 1.165) is 48.4 Å². The molecular weight excluding hydrogens is 378 g/mol. The molecule has 6 nitrogen and oxygen atoms in total. The van der Waals surface area contributed by atoms with Crippen LogP contribution in [0.15, 0.2) is 42.5 Å². The van der Waals surface area contributed by atoms with Crippen molar-refractivity contribution < 1.29 is 14.3 Å². The SMILES string of the molecule is COc1ccc(-c2nc3ccccc3n2C2CCN(C(=O)C(C)C)CC2)cc1OC. The van der Waals surface area contributed by atoms with Gasteiger partial charge in [-0.1, -0.05) is 26.0 Å². The molecule has 158 valence electrons. The van der Waals surface area contributed by atoms with E-state index in [1.165, 1.54) is 0 Å². The van der Waals surface area contributed by atoms with Crippen molar-refractivity contribution in [2.75, 3.05) is 27.3 Å². The summed E-state index contributed by atoms with van der Waals surface area (Å²) in [5.74, 6) is 2.59. The topological polar surface area (TPSA) is 56.6 Å². The van der Waals surface area contributed by atoms with Crippen LogP contribution in [0.25, 0.3) is 22.4 Å². The zero-order valence-electron chi connectivity index (χ0n) is 18.1. The normalized spacial score (nSPS) is 15.0. The van der Waals surface area contributed by atoms with Crippen LogP contribution < -0.4 is 9.47 Å². The average Bonchev–Trinajstić information content (AvgIpc) is 3.17. The first-order valence-corrected chi connectivity index (χ1v) is 10.5. The highest BCUT2D eigenvalue weighted by molar-refractivity contribution is 5.81. The summed E-state index contributed by atoms with van der Waals surface area (Å²) >= 11 is 0.